The molecule has 0 aliphatic carbocycles. The first-order valence-electron chi connectivity index (χ1n) is 4.92. The molecule has 0 amide bonds. The Hall–Kier alpha value is -1.45. The second-order valence-electron chi connectivity index (χ2n) is 3.27. The van der Waals surface area contributed by atoms with E-state index in [2.05, 4.69) is 15.3 Å². The summed E-state index contributed by atoms with van der Waals surface area (Å²) in [4.78, 5) is 8.71. The molecule has 4 heteroatoms. The van der Waals surface area contributed by atoms with Crippen molar-refractivity contribution in [3.8, 4) is 11.4 Å². The Balaban J connectivity index is 0.00000128. The van der Waals surface area contributed by atoms with Gasteiger partial charge in [0.1, 0.15) is 0 Å². The lowest BCUT2D eigenvalue weighted by Crippen LogP contribution is -2.07. The summed E-state index contributed by atoms with van der Waals surface area (Å²) in [7, 11) is 1.91. The summed E-state index contributed by atoms with van der Waals surface area (Å²) in [6, 6.07) is 11.9. The summed E-state index contributed by atoms with van der Waals surface area (Å²) in [6.07, 6.45) is 1.79. The number of nitrogens with zero attached hydrogens (tertiary/aromatic N) is 2. The van der Waals surface area contributed by atoms with E-state index in [9.17, 15) is 0 Å². The number of halogens is 1. The van der Waals surface area contributed by atoms with Crippen LogP contribution in [0.4, 0.5) is 0 Å². The summed E-state index contributed by atoms with van der Waals surface area (Å²) in [6.45, 7) is 0.766. The molecule has 0 atom stereocenters. The van der Waals surface area contributed by atoms with Crippen LogP contribution in [0.25, 0.3) is 11.4 Å². The van der Waals surface area contributed by atoms with E-state index in [1.165, 1.54) is 0 Å². The second-order valence-corrected chi connectivity index (χ2v) is 3.27. The quantitative estimate of drug-likeness (QED) is 0.887. The molecular formula is C12H14ClN3. The summed E-state index contributed by atoms with van der Waals surface area (Å²) >= 11 is 0. The maximum Gasteiger partial charge on any atom is 0.159 e. The fourth-order valence-corrected chi connectivity index (χ4v) is 1.40. The Bertz CT molecular complexity index is 431. The van der Waals surface area contributed by atoms with E-state index in [-0.39, 0.29) is 12.4 Å². The largest absolute Gasteiger partial charge is 0.314 e. The Morgan fingerprint density at radius 2 is 1.88 bits per heavy atom. The van der Waals surface area contributed by atoms with Gasteiger partial charge in [0.25, 0.3) is 0 Å². The minimum Gasteiger partial charge on any atom is -0.314 e. The molecule has 0 bridgehead atoms. The molecule has 1 heterocycles. The molecule has 0 unspecified atom stereocenters. The van der Waals surface area contributed by atoms with Gasteiger partial charge in [-0.05, 0) is 13.1 Å². The Kier molecular flexibility index (Phi) is 4.89. The van der Waals surface area contributed by atoms with Crippen LogP contribution in [0.3, 0.4) is 0 Å². The third kappa shape index (κ3) is 3.02. The van der Waals surface area contributed by atoms with Crippen LogP contribution < -0.4 is 5.32 Å². The SMILES string of the molecule is CNCc1ccnc(-c2ccccc2)n1.Cl. The molecular weight excluding hydrogens is 222 g/mol. The monoisotopic (exact) mass is 235 g/mol. The predicted molar refractivity (Wildman–Crippen MR) is 67.5 cm³/mol. The normalized spacial score (nSPS) is 9.56. The number of aromatic nitrogens is 2. The molecule has 84 valence electrons. The van der Waals surface area contributed by atoms with Crippen LogP contribution in [-0.2, 0) is 6.54 Å². The van der Waals surface area contributed by atoms with Crippen LogP contribution in [0.1, 0.15) is 5.69 Å². The van der Waals surface area contributed by atoms with E-state index in [0.29, 0.717) is 0 Å². The van der Waals surface area contributed by atoms with Gasteiger partial charge in [-0.3, -0.25) is 0 Å². The average molecular weight is 236 g/mol. The molecule has 2 rings (SSSR count). The highest BCUT2D eigenvalue weighted by atomic mass is 35.5. The molecule has 3 nitrogen and oxygen atoms in total. The van der Waals surface area contributed by atoms with Crippen molar-refractivity contribution < 1.29 is 0 Å². The number of hydrogen-bond acceptors (Lipinski definition) is 3. The minimum absolute atomic E-state index is 0. The average Bonchev–Trinajstić information content (AvgIpc) is 2.31. The summed E-state index contributed by atoms with van der Waals surface area (Å²) < 4.78 is 0. The van der Waals surface area contributed by atoms with Crippen molar-refractivity contribution in [2.24, 2.45) is 0 Å². The van der Waals surface area contributed by atoms with Crippen LogP contribution in [0, 0.1) is 0 Å². The smallest absolute Gasteiger partial charge is 0.159 e. The Labute approximate surface area is 101 Å². The fourth-order valence-electron chi connectivity index (χ4n) is 1.40. The molecule has 16 heavy (non-hydrogen) atoms. The highest BCUT2D eigenvalue weighted by Crippen LogP contribution is 2.13. The highest BCUT2D eigenvalue weighted by Gasteiger charge is 2.00. The second kappa shape index (κ2) is 6.20. The van der Waals surface area contributed by atoms with Crippen molar-refractivity contribution in [1.29, 1.82) is 0 Å². The van der Waals surface area contributed by atoms with Crippen molar-refractivity contribution in [2.45, 2.75) is 6.54 Å². The van der Waals surface area contributed by atoms with E-state index >= 15 is 0 Å². The van der Waals surface area contributed by atoms with Crippen LogP contribution in [0.15, 0.2) is 42.6 Å². The Morgan fingerprint density at radius 3 is 2.56 bits per heavy atom. The lowest BCUT2D eigenvalue weighted by molar-refractivity contribution is 0.788. The van der Waals surface area contributed by atoms with Gasteiger partial charge >= 0.3 is 0 Å². The number of benzene rings is 1. The Morgan fingerprint density at radius 1 is 1.12 bits per heavy atom. The van der Waals surface area contributed by atoms with Gasteiger partial charge in [0.15, 0.2) is 5.82 Å². The van der Waals surface area contributed by atoms with Crippen LogP contribution >= 0.6 is 12.4 Å². The zero-order chi connectivity index (χ0) is 10.5. The van der Waals surface area contributed by atoms with Crippen molar-refractivity contribution >= 4 is 12.4 Å². The summed E-state index contributed by atoms with van der Waals surface area (Å²) in [5.41, 5.74) is 2.06. The fraction of sp³-hybridized carbons (Fsp3) is 0.167. The van der Waals surface area contributed by atoms with E-state index in [4.69, 9.17) is 0 Å². The number of nitrogens with one attached hydrogen (secondary N) is 1. The third-order valence-corrected chi connectivity index (χ3v) is 2.10. The lowest BCUT2D eigenvalue weighted by Gasteiger charge is -2.02. The van der Waals surface area contributed by atoms with Gasteiger partial charge in [0, 0.05) is 18.3 Å². The molecule has 0 spiro atoms. The van der Waals surface area contributed by atoms with E-state index < -0.39 is 0 Å². The van der Waals surface area contributed by atoms with Crippen LogP contribution in [0.5, 0.6) is 0 Å². The van der Waals surface area contributed by atoms with E-state index in [1.54, 1.807) is 6.20 Å². The first-order chi connectivity index (χ1) is 7.40. The van der Waals surface area contributed by atoms with Crippen molar-refractivity contribution in [3.63, 3.8) is 0 Å². The molecule has 1 aromatic heterocycles. The van der Waals surface area contributed by atoms with Gasteiger partial charge in [-0.1, -0.05) is 30.3 Å². The molecule has 0 radical (unpaired) electrons. The first kappa shape index (κ1) is 12.6. The number of rotatable bonds is 3. The maximum absolute atomic E-state index is 4.46. The zero-order valence-electron chi connectivity index (χ0n) is 9.05. The van der Waals surface area contributed by atoms with Crippen molar-refractivity contribution in [2.75, 3.05) is 7.05 Å². The molecule has 0 saturated heterocycles. The van der Waals surface area contributed by atoms with Crippen LogP contribution in [-0.4, -0.2) is 17.0 Å². The van der Waals surface area contributed by atoms with Gasteiger partial charge in [-0.15, -0.1) is 12.4 Å². The summed E-state index contributed by atoms with van der Waals surface area (Å²) in [5.74, 6) is 0.781. The first-order valence-corrected chi connectivity index (χ1v) is 4.92. The predicted octanol–water partition coefficient (Wildman–Crippen LogP) is 2.28. The third-order valence-electron chi connectivity index (χ3n) is 2.10. The molecule has 2 aromatic rings. The van der Waals surface area contributed by atoms with Gasteiger partial charge in [0.05, 0.1) is 5.69 Å². The van der Waals surface area contributed by atoms with Crippen LogP contribution in [0.2, 0.25) is 0 Å². The standard InChI is InChI=1S/C12H13N3.ClH/c1-13-9-11-7-8-14-12(15-11)10-5-3-2-4-6-10;/h2-8,13H,9H2,1H3;1H. The van der Waals surface area contributed by atoms with E-state index in [0.717, 1.165) is 23.6 Å². The molecule has 0 saturated carbocycles. The lowest BCUT2D eigenvalue weighted by atomic mass is 10.2. The molecule has 1 aromatic carbocycles. The summed E-state index contributed by atoms with van der Waals surface area (Å²) in [5, 5.41) is 3.07. The van der Waals surface area contributed by atoms with Gasteiger partial charge < -0.3 is 5.32 Å². The molecule has 0 aliphatic rings. The molecule has 1 N–H and O–H groups in total. The topological polar surface area (TPSA) is 37.8 Å². The van der Waals surface area contributed by atoms with Gasteiger partial charge in [-0.2, -0.15) is 0 Å². The van der Waals surface area contributed by atoms with Gasteiger partial charge in [-0.25, -0.2) is 9.97 Å². The number of hydrogen-bond donors (Lipinski definition) is 1. The maximum atomic E-state index is 4.46. The van der Waals surface area contributed by atoms with E-state index in [1.807, 2.05) is 43.4 Å². The molecule has 0 aliphatic heterocycles. The van der Waals surface area contributed by atoms with Gasteiger partial charge in [0.2, 0.25) is 0 Å². The zero-order valence-corrected chi connectivity index (χ0v) is 9.87. The molecule has 0 fully saturated rings. The van der Waals surface area contributed by atoms with Crippen molar-refractivity contribution in [1.82, 2.24) is 15.3 Å². The van der Waals surface area contributed by atoms with Crippen molar-refractivity contribution in [3.05, 3.63) is 48.3 Å². The minimum atomic E-state index is 0. The highest BCUT2D eigenvalue weighted by molar-refractivity contribution is 5.85.